The van der Waals surface area contributed by atoms with Crippen molar-refractivity contribution < 1.29 is 0 Å². The van der Waals surface area contributed by atoms with Crippen molar-refractivity contribution in [2.24, 2.45) is 0 Å². The van der Waals surface area contributed by atoms with Crippen LogP contribution in [0, 0.1) is 0 Å². The van der Waals surface area contributed by atoms with E-state index in [0.717, 1.165) is 18.9 Å². The largest absolute Gasteiger partial charge is 0.341 e. The third kappa shape index (κ3) is 40.8. The molecule has 0 aromatic rings. The molecule has 82 valence electrons. The fourth-order valence-corrected chi connectivity index (χ4v) is 2.33. The second-order valence-corrected chi connectivity index (χ2v) is 21.9. The molecule has 0 aliphatic rings. The van der Waals surface area contributed by atoms with E-state index >= 15 is 0 Å². The lowest BCUT2D eigenvalue weighted by Gasteiger charge is -2.03. The van der Waals surface area contributed by atoms with Gasteiger partial charge in [0.25, 0.3) is 0 Å². The predicted octanol–water partition coefficient (Wildman–Crippen LogP) is 5.71. The van der Waals surface area contributed by atoms with Gasteiger partial charge in [0.15, 0.2) is 0 Å². The summed E-state index contributed by atoms with van der Waals surface area (Å²) in [4.78, 5) is 0. The minimum absolute atomic E-state index is 0.800. The summed E-state index contributed by atoms with van der Waals surface area (Å²) in [5, 5.41) is 0. The maximum Gasteiger partial charge on any atom is 0.341 e. The van der Waals surface area contributed by atoms with Gasteiger partial charge in [-0.25, -0.2) is 0 Å². The summed E-state index contributed by atoms with van der Waals surface area (Å²) in [5.74, 6) is 0. The van der Waals surface area contributed by atoms with Crippen LogP contribution in [0.4, 0.5) is 0 Å². The van der Waals surface area contributed by atoms with Gasteiger partial charge in [-0.3, -0.25) is 0 Å². The number of rotatable bonds is 3. The van der Waals surface area contributed by atoms with Crippen molar-refractivity contribution in [3.8, 4) is 0 Å². The topological polar surface area (TPSA) is 0 Å². The molecule has 8 heteroatoms. The first kappa shape index (κ1) is 17.6. The monoisotopic (exact) mass is 338 g/mol. The normalized spacial score (nSPS) is 12.0. The minimum atomic E-state index is -2.26. The van der Waals surface area contributed by atoms with Gasteiger partial charge in [-0.05, 0) is 12.6 Å². The zero-order valence-electron chi connectivity index (χ0n) is 7.39. The molecule has 0 aliphatic carbocycles. The molecule has 0 atom stereocenters. The van der Waals surface area contributed by atoms with Gasteiger partial charge >= 0.3 is 12.0 Å². The molecule has 0 heterocycles. The lowest BCUT2D eigenvalue weighted by atomic mass is 10.4. The number of halogens is 6. The van der Waals surface area contributed by atoms with Crippen LogP contribution < -0.4 is 0 Å². The van der Waals surface area contributed by atoms with E-state index in [1.54, 1.807) is 6.55 Å². The summed E-state index contributed by atoms with van der Waals surface area (Å²) in [6.45, 7) is 3.71. The summed E-state index contributed by atoms with van der Waals surface area (Å²) in [6, 6.07) is -3.66. The maximum absolute atomic E-state index is 5.58. The Morgan fingerprint density at radius 3 is 1.31 bits per heavy atom. The van der Waals surface area contributed by atoms with Crippen LogP contribution in [0.3, 0.4) is 0 Å². The van der Waals surface area contributed by atoms with E-state index in [1.165, 1.54) is 0 Å². The molecule has 0 aromatic carbocycles. The van der Waals surface area contributed by atoms with Crippen LogP contribution in [0.25, 0.3) is 0 Å². The Labute approximate surface area is 110 Å². The van der Waals surface area contributed by atoms with Crippen molar-refractivity contribution in [1.82, 2.24) is 0 Å². The Hall–Kier alpha value is 2.17. The molecule has 0 N–H and O–H groups in total. The van der Waals surface area contributed by atoms with E-state index in [9.17, 15) is 0 Å². The molecular weight excluding hydrogens is 329 g/mol. The molecule has 0 aliphatic heterocycles. The molecule has 0 spiro atoms. The summed E-state index contributed by atoms with van der Waals surface area (Å²) < 4.78 is 0. The smallest absolute Gasteiger partial charge is 0.126 e. The highest BCUT2D eigenvalue weighted by atomic mass is 35.8. The van der Waals surface area contributed by atoms with Crippen LogP contribution in [-0.4, -0.2) is 12.0 Å². The van der Waals surface area contributed by atoms with Gasteiger partial charge in [0.1, 0.15) is 0 Å². The molecular formula is C5H12Cl6Si2. The molecule has 0 radical (unpaired) electrons. The van der Waals surface area contributed by atoms with Crippen LogP contribution in [0.5, 0.6) is 0 Å². The lowest BCUT2D eigenvalue weighted by molar-refractivity contribution is 0.879. The van der Waals surface area contributed by atoms with Gasteiger partial charge in [-0.15, -0.1) is 66.5 Å². The van der Waals surface area contributed by atoms with Crippen LogP contribution >= 0.6 is 66.5 Å². The predicted molar refractivity (Wildman–Crippen MR) is 72.2 cm³/mol. The Kier molecular flexibility index (Phi) is 11.3. The van der Waals surface area contributed by atoms with E-state index in [2.05, 4.69) is 6.92 Å². The Morgan fingerprint density at radius 2 is 1.23 bits per heavy atom. The standard InChI is InChI=1S/C4H9Cl3Si.CH3Cl3Si/c1-2-3-4-8(5,6)7;1-5(2,3)4/h2-4H2,1H3;1H3. The van der Waals surface area contributed by atoms with Crippen molar-refractivity contribution >= 4 is 78.5 Å². The Bertz CT molecular complexity index is 111. The van der Waals surface area contributed by atoms with Gasteiger partial charge in [0.2, 0.25) is 0 Å². The molecule has 0 amide bonds. The van der Waals surface area contributed by atoms with Crippen molar-refractivity contribution in [3.05, 3.63) is 0 Å². The van der Waals surface area contributed by atoms with E-state index in [4.69, 9.17) is 66.5 Å². The van der Waals surface area contributed by atoms with Crippen LogP contribution in [-0.2, 0) is 0 Å². The molecule has 13 heavy (non-hydrogen) atoms. The number of hydrogen-bond donors (Lipinski definition) is 0. The van der Waals surface area contributed by atoms with Crippen molar-refractivity contribution in [3.63, 3.8) is 0 Å². The first-order chi connectivity index (χ1) is 5.56. The van der Waals surface area contributed by atoms with E-state index < -0.39 is 12.0 Å². The molecule has 0 fully saturated rings. The average molecular weight is 341 g/mol. The third-order valence-corrected chi connectivity index (χ3v) is 3.44. The Balaban J connectivity index is 0. The first-order valence-electron chi connectivity index (χ1n) is 3.69. The summed E-state index contributed by atoms with van der Waals surface area (Å²) in [6.07, 6.45) is 2.16. The molecule has 0 unspecified atom stereocenters. The van der Waals surface area contributed by atoms with Gasteiger partial charge in [0, 0.05) is 0 Å². The molecule has 0 rings (SSSR count). The van der Waals surface area contributed by atoms with Crippen LogP contribution in [0.1, 0.15) is 19.8 Å². The van der Waals surface area contributed by atoms with Gasteiger partial charge in [-0.1, -0.05) is 19.8 Å². The Morgan fingerprint density at radius 1 is 0.923 bits per heavy atom. The quantitative estimate of drug-likeness (QED) is 0.455. The first-order valence-corrected chi connectivity index (χ1v) is 14.5. The van der Waals surface area contributed by atoms with Gasteiger partial charge in [0.05, 0.1) is 0 Å². The minimum Gasteiger partial charge on any atom is -0.126 e. The van der Waals surface area contributed by atoms with Crippen LogP contribution in [0.2, 0.25) is 12.6 Å². The fraction of sp³-hybridized carbons (Fsp3) is 1.00. The molecule has 0 saturated heterocycles. The molecule has 0 bridgehead atoms. The van der Waals surface area contributed by atoms with E-state index in [1.807, 2.05) is 0 Å². The van der Waals surface area contributed by atoms with Gasteiger partial charge < -0.3 is 0 Å². The number of hydrogen-bond acceptors (Lipinski definition) is 0. The van der Waals surface area contributed by atoms with Crippen LogP contribution in [0.15, 0.2) is 0 Å². The zero-order chi connectivity index (χ0) is 11.1. The van der Waals surface area contributed by atoms with Gasteiger partial charge in [-0.2, -0.15) is 0 Å². The highest BCUT2D eigenvalue weighted by Crippen LogP contribution is 2.26. The highest BCUT2D eigenvalue weighted by molar-refractivity contribution is 7.65. The van der Waals surface area contributed by atoms with E-state index in [-0.39, 0.29) is 0 Å². The summed E-state index contributed by atoms with van der Waals surface area (Å²) in [5.41, 5.74) is 0. The molecule has 0 saturated carbocycles. The summed E-state index contributed by atoms with van der Waals surface area (Å²) >= 11 is 32.3. The summed E-state index contributed by atoms with van der Waals surface area (Å²) in [7, 11) is 0. The molecule has 0 nitrogen and oxygen atoms in total. The highest BCUT2D eigenvalue weighted by Gasteiger charge is 2.22. The third-order valence-electron chi connectivity index (χ3n) is 0.814. The average Bonchev–Trinajstić information content (AvgIpc) is 1.77. The maximum atomic E-state index is 5.58. The van der Waals surface area contributed by atoms with Crippen molar-refractivity contribution in [2.45, 2.75) is 32.4 Å². The second kappa shape index (κ2) is 8.34. The zero-order valence-corrected chi connectivity index (χ0v) is 13.9. The van der Waals surface area contributed by atoms with E-state index in [0.29, 0.717) is 0 Å². The second-order valence-electron chi connectivity index (χ2n) is 2.50. The SMILES string of the molecule is CCCC[Si](Cl)(Cl)Cl.C[Si](Cl)(Cl)Cl. The fourth-order valence-electron chi connectivity index (χ4n) is 0.377. The molecule has 0 aromatic heterocycles. The van der Waals surface area contributed by atoms with Crippen molar-refractivity contribution in [2.75, 3.05) is 0 Å². The van der Waals surface area contributed by atoms with Crippen molar-refractivity contribution in [1.29, 1.82) is 0 Å². The number of unbranched alkanes of at least 4 members (excludes halogenated alkanes) is 1. The lowest BCUT2D eigenvalue weighted by Crippen LogP contribution is -2.07.